The molecule has 0 spiro atoms. The highest BCUT2D eigenvalue weighted by Gasteiger charge is 2.26. The van der Waals surface area contributed by atoms with Crippen molar-refractivity contribution in [3.05, 3.63) is 17.5 Å². The van der Waals surface area contributed by atoms with Gasteiger partial charge in [-0.15, -0.1) is 0 Å². The van der Waals surface area contributed by atoms with Crippen LogP contribution in [0.15, 0.2) is 12.4 Å². The smallest absolute Gasteiger partial charge is 0.258 e. The Labute approximate surface area is 104 Å². The number of hydrogen-bond acceptors (Lipinski definition) is 5. The number of hydrogen-bond donors (Lipinski definition) is 1. The summed E-state index contributed by atoms with van der Waals surface area (Å²) in [4.78, 5) is 21.2. The van der Waals surface area contributed by atoms with E-state index in [4.69, 9.17) is 16.3 Å². The SMILES string of the molecule is CN(C(=O)C1CNCCO1)c1cc(Cl)ncn1. The van der Waals surface area contributed by atoms with Gasteiger partial charge >= 0.3 is 0 Å². The summed E-state index contributed by atoms with van der Waals surface area (Å²) in [6.07, 6.45) is 0.851. The number of aromatic nitrogens is 2. The molecule has 0 saturated carbocycles. The number of morpholine rings is 1. The number of nitrogens with zero attached hydrogens (tertiary/aromatic N) is 3. The van der Waals surface area contributed by atoms with Gasteiger partial charge in [0.15, 0.2) is 0 Å². The van der Waals surface area contributed by atoms with Gasteiger partial charge in [0.1, 0.15) is 23.4 Å². The van der Waals surface area contributed by atoms with Gasteiger partial charge in [-0.3, -0.25) is 9.69 Å². The summed E-state index contributed by atoms with van der Waals surface area (Å²) >= 11 is 5.75. The molecule has 0 bridgehead atoms. The summed E-state index contributed by atoms with van der Waals surface area (Å²) < 4.78 is 5.38. The lowest BCUT2D eigenvalue weighted by Gasteiger charge is -2.26. The maximum Gasteiger partial charge on any atom is 0.258 e. The molecular formula is C10H13ClN4O2. The van der Waals surface area contributed by atoms with Crippen LogP contribution in [0.25, 0.3) is 0 Å². The molecule has 0 aliphatic carbocycles. The Morgan fingerprint density at radius 1 is 1.65 bits per heavy atom. The first kappa shape index (κ1) is 12.2. The summed E-state index contributed by atoms with van der Waals surface area (Å²) in [6, 6.07) is 1.54. The van der Waals surface area contributed by atoms with Crippen LogP contribution < -0.4 is 10.2 Å². The molecule has 7 heteroatoms. The van der Waals surface area contributed by atoms with Crippen LogP contribution >= 0.6 is 11.6 Å². The predicted octanol–water partition coefficient (Wildman–Crippen LogP) is 0.0812. The van der Waals surface area contributed by atoms with Gasteiger partial charge in [-0.25, -0.2) is 9.97 Å². The molecule has 1 aromatic rings. The molecular weight excluding hydrogens is 244 g/mol. The van der Waals surface area contributed by atoms with Gasteiger partial charge in [0, 0.05) is 26.2 Å². The number of carbonyl (C=O) groups excluding carboxylic acids is 1. The lowest BCUT2D eigenvalue weighted by atomic mass is 10.2. The first-order valence-corrected chi connectivity index (χ1v) is 5.63. The van der Waals surface area contributed by atoms with Crippen LogP contribution in [0.3, 0.4) is 0 Å². The van der Waals surface area contributed by atoms with E-state index in [0.717, 1.165) is 6.54 Å². The molecule has 1 amide bonds. The molecule has 0 aromatic carbocycles. The van der Waals surface area contributed by atoms with Crippen LogP contribution in [0, 0.1) is 0 Å². The number of halogens is 1. The molecule has 17 heavy (non-hydrogen) atoms. The Hall–Kier alpha value is -1.24. The zero-order valence-electron chi connectivity index (χ0n) is 9.39. The van der Waals surface area contributed by atoms with Gasteiger partial charge in [-0.1, -0.05) is 11.6 Å². The highest BCUT2D eigenvalue weighted by Crippen LogP contribution is 2.14. The van der Waals surface area contributed by atoms with Crippen molar-refractivity contribution in [2.45, 2.75) is 6.10 Å². The van der Waals surface area contributed by atoms with Crippen LogP contribution in [0.4, 0.5) is 5.82 Å². The molecule has 2 heterocycles. The lowest BCUT2D eigenvalue weighted by molar-refractivity contribution is -0.131. The highest BCUT2D eigenvalue weighted by atomic mass is 35.5. The largest absolute Gasteiger partial charge is 0.366 e. The number of likely N-dealkylation sites (N-methyl/N-ethyl adjacent to an activating group) is 1. The third-order valence-electron chi connectivity index (χ3n) is 2.50. The zero-order chi connectivity index (χ0) is 12.3. The molecule has 1 N–H and O–H groups in total. The van der Waals surface area contributed by atoms with Crippen molar-refractivity contribution in [3.63, 3.8) is 0 Å². The van der Waals surface area contributed by atoms with Gasteiger partial charge < -0.3 is 10.1 Å². The minimum Gasteiger partial charge on any atom is -0.366 e. The topological polar surface area (TPSA) is 67.4 Å². The minimum atomic E-state index is -0.470. The van der Waals surface area contributed by atoms with Gasteiger partial charge in [0.2, 0.25) is 0 Å². The van der Waals surface area contributed by atoms with Crippen LogP contribution in [-0.4, -0.2) is 48.7 Å². The van der Waals surface area contributed by atoms with Crippen molar-refractivity contribution in [3.8, 4) is 0 Å². The van der Waals surface area contributed by atoms with Crippen molar-refractivity contribution >= 4 is 23.3 Å². The fourth-order valence-electron chi connectivity index (χ4n) is 1.56. The van der Waals surface area contributed by atoms with Crippen LogP contribution in [0.1, 0.15) is 0 Å². The fraction of sp³-hybridized carbons (Fsp3) is 0.500. The standard InChI is InChI=1S/C10H13ClN4O2/c1-15(9-4-8(11)13-6-14-9)10(16)7-5-12-2-3-17-7/h4,6-7,12H,2-3,5H2,1H3. The quantitative estimate of drug-likeness (QED) is 0.759. The Bertz CT molecular complexity index is 409. The minimum absolute atomic E-state index is 0.146. The second kappa shape index (κ2) is 5.39. The maximum atomic E-state index is 12.1. The molecule has 6 nitrogen and oxygen atoms in total. The Morgan fingerprint density at radius 3 is 3.12 bits per heavy atom. The fourth-order valence-corrected chi connectivity index (χ4v) is 1.70. The molecule has 1 atom stereocenters. The molecule has 1 fully saturated rings. The van der Waals surface area contributed by atoms with Crippen LogP contribution in [0.2, 0.25) is 5.15 Å². The number of rotatable bonds is 2. The highest BCUT2D eigenvalue weighted by molar-refractivity contribution is 6.29. The molecule has 1 aromatic heterocycles. The van der Waals surface area contributed by atoms with Crippen molar-refractivity contribution in [1.29, 1.82) is 0 Å². The van der Waals surface area contributed by atoms with Crippen LogP contribution in [-0.2, 0) is 9.53 Å². The third-order valence-corrected chi connectivity index (χ3v) is 2.70. The molecule has 0 radical (unpaired) electrons. The van der Waals surface area contributed by atoms with E-state index in [1.165, 1.54) is 17.3 Å². The summed E-state index contributed by atoms with van der Waals surface area (Å²) in [5, 5.41) is 3.41. The number of amides is 1. The molecule has 92 valence electrons. The van der Waals surface area contributed by atoms with Gasteiger partial charge in [-0.2, -0.15) is 0 Å². The average molecular weight is 257 g/mol. The van der Waals surface area contributed by atoms with E-state index in [2.05, 4.69) is 15.3 Å². The van der Waals surface area contributed by atoms with Gasteiger partial charge in [-0.05, 0) is 0 Å². The summed E-state index contributed by atoms with van der Waals surface area (Å²) in [7, 11) is 1.64. The first-order chi connectivity index (χ1) is 8.18. The van der Waals surface area contributed by atoms with Crippen molar-refractivity contribution in [2.24, 2.45) is 0 Å². The van der Waals surface area contributed by atoms with E-state index >= 15 is 0 Å². The molecule has 2 rings (SSSR count). The summed E-state index contributed by atoms with van der Waals surface area (Å²) in [5.41, 5.74) is 0. The molecule has 1 aliphatic heterocycles. The van der Waals surface area contributed by atoms with Crippen molar-refractivity contribution < 1.29 is 9.53 Å². The van der Waals surface area contributed by atoms with E-state index in [0.29, 0.717) is 24.1 Å². The average Bonchev–Trinajstić information content (AvgIpc) is 2.38. The number of ether oxygens (including phenoxy) is 1. The van der Waals surface area contributed by atoms with E-state index < -0.39 is 6.10 Å². The zero-order valence-corrected chi connectivity index (χ0v) is 10.1. The van der Waals surface area contributed by atoms with Crippen molar-refractivity contribution in [2.75, 3.05) is 31.6 Å². The maximum absolute atomic E-state index is 12.1. The monoisotopic (exact) mass is 256 g/mol. The summed E-state index contributed by atoms with van der Waals surface area (Å²) in [6.45, 7) is 1.82. The predicted molar refractivity (Wildman–Crippen MR) is 63.1 cm³/mol. The second-order valence-electron chi connectivity index (χ2n) is 3.66. The Morgan fingerprint density at radius 2 is 2.47 bits per heavy atom. The molecule has 1 aliphatic rings. The number of carbonyl (C=O) groups is 1. The Kier molecular flexibility index (Phi) is 3.88. The second-order valence-corrected chi connectivity index (χ2v) is 4.05. The Balaban J connectivity index is 2.08. The van der Waals surface area contributed by atoms with Crippen LogP contribution in [0.5, 0.6) is 0 Å². The molecule has 1 unspecified atom stereocenters. The van der Waals surface area contributed by atoms with E-state index in [-0.39, 0.29) is 5.91 Å². The number of nitrogens with one attached hydrogen (secondary N) is 1. The van der Waals surface area contributed by atoms with Gasteiger partial charge in [0.05, 0.1) is 6.61 Å². The first-order valence-electron chi connectivity index (χ1n) is 5.26. The van der Waals surface area contributed by atoms with E-state index in [1.807, 2.05) is 0 Å². The molecule has 1 saturated heterocycles. The third kappa shape index (κ3) is 2.91. The van der Waals surface area contributed by atoms with Gasteiger partial charge in [0.25, 0.3) is 5.91 Å². The van der Waals surface area contributed by atoms with E-state index in [9.17, 15) is 4.79 Å². The summed E-state index contributed by atoms with van der Waals surface area (Å²) in [5.74, 6) is 0.316. The normalized spacial score (nSPS) is 20.0. The van der Waals surface area contributed by atoms with E-state index in [1.54, 1.807) is 7.05 Å². The lowest BCUT2D eigenvalue weighted by Crippen LogP contribution is -2.48. The number of anilines is 1. The van der Waals surface area contributed by atoms with Crippen molar-refractivity contribution in [1.82, 2.24) is 15.3 Å².